The van der Waals surface area contributed by atoms with Gasteiger partial charge in [0, 0.05) is 48.9 Å². The summed E-state index contributed by atoms with van der Waals surface area (Å²) in [4.78, 5) is 18.3. The number of aromatic amines is 1. The van der Waals surface area contributed by atoms with Gasteiger partial charge in [0.2, 0.25) is 0 Å². The molecule has 0 radical (unpaired) electrons. The van der Waals surface area contributed by atoms with Gasteiger partial charge in [-0.2, -0.15) is 5.10 Å². The summed E-state index contributed by atoms with van der Waals surface area (Å²) in [6.07, 6.45) is 7.20. The average Bonchev–Trinajstić information content (AvgIpc) is 3.02. The number of carbonyl (C=O) groups excluding carboxylic acids is 1. The van der Waals surface area contributed by atoms with Crippen LogP contribution < -0.4 is 0 Å². The first kappa shape index (κ1) is 11.9. The highest BCUT2D eigenvalue weighted by molar-refractivity contribution is 5.94. The molecule has 0 bridgehead atoms. The van der Waals surface area contributed by atoms with E-state index >= 15 is 0 Å². The maximum Gasteiger partial charge on any atom is 0.253 e. The topological polar surface area (TPSA) is 61.9 Å². The van der Waals surface area contributed by atoms with Crippen LogP contribution >= 0.6 is 0 Å². The second-order valence-corrected chi connectivity index (χ2v) is 4.84. The third kappa shape index (κ3) is 2.50. The normalized spacial score (nSPS) is 19.4. The van der Waals surface area contributed by atoms with Crippen LogP contribution in [0.25, 0.3) is 0 Å². The van der Waals surface area contributed by atoms with Crippen molar-refractivity contribution in [2.45, 2.75) is 18.8 Å². The van der Waals surface area contributed by atoms with Crippen LogP contribution in [0.3, 0.4) is 0 Å². The van der Waals surface area contributed by atoms with Crippen LogP contribution in [0, 0.1) is 0 Å². The molecular formula is C14H16N4O. The summed E-state index contributed by atoms with van der Waals surface area (Å²) in [5, 5.41) is 7.00. The zero-order valence-corrected chi connectivity index (χ0v) is 10.6. The molecule has 3 rings (SSSR count). The molecule has 1 saturated heterocycles. The maximum atomic E-state index is 12.4. The Hall–Kier alpha value is -2.17. The Morgan fingerprint density at radius 1 is 1.26 bits per heavy atom. The minimum atomic E-state index is 0.0895. The van der Waals surface area contributed by atoms with Crippen molar-refractivity contribution in [3.63, 3.8) is 0 Å². The standard InChI is InChI=1S/C14H16N4O/c19-14(11-3-6-15-7-4-11)18-9-1-2-12(10-18)13-5-8-16-17-13/h3-8,12H,1-2,9-10H2,(H,16,17)/t12-/m0/s1. The van der Waals surface area contributed by atoms with E-state index in [2.05, 4.69) is 15.2 Å². The zero-order chi connectivity index (χ0) is 13.1. The van der Waals surface area contributed by atoms with Gasteiger partial charge in [-0.1, -0.05) is 0 Å². The van der Waals surface area contributed by atoms with Gasteiger partial charge in [0.25, 0.3) is 5.91 Å². The van der Waals surface area contributed by atoms with Crippen LogP contribution in [0.5, 0.6) is 0 Å². The molecule has 1 N–H and O–H groups in total. The summed E-state index contributed by atoms with van der Waals surface area (Å²) in [6.45, 7) is 1.58. The molecule has 0 aromatic carbocycles. The lowest BCUT2D eigenvalue weighted by molar-refractivity contribution is 0.0705. The van der Waals surface area contributed by atoms with E-state index in [1.54, 1.807) is 30.7 Å². The number of nitrogens with one attached hydrogen (secondary N) is 1. The second kappa shape index (κ2) is 5.22. The van der Waals surface area contributed by atoms with Gasteiger partial charge in [-0.25, -0.2) is 0 Å². The first-order valence-corrected chi connectivity index (χ1v) is 6.53. The number of rotatable bonds is 2. The van der Waals surface area contributed by atoms with Crippen molar-refractivity contribution in [1.29, 1.82) is 0 Å². The minimum Gasteiger partial charge on any atom is -0.338 e. The minimum absolute atomic E-state index is 0.0895. The zero-order valence-electron chi connectivity index (χ0n) is 10.6. The van der Waals surface area contributed by atoms with Gasteiger partial charge in [-0.15, -0.1) is 0 Å². The summed E-state index contributed by atoms with van der Waals surface area (Å²) < 4.78 is 0. The van der Waals surface area contributed by atoms with Gasteiger partial charge in [0.1, 0.15) is 0 Å². The molecule has 2 aromatic heterocycles. The van der Waals surface area contributed by atoms with Crippen LogP contribution in [0.2, 0.25) is 0 Å². The molecule has 1 aliphatic rings. The number of nitrogens with zero attached hydrogens (tertiary/aromatic N) is 3. The number of aromatic nitrogens is 3. The highest BCUT2D eigenvalue weighted by atomic mass is 16.2. The molecule has 5 heteroatoms. The van der Waals surface area contributed by atoms with E-state index in [4.69, 9.17) is 0 Å². The van der Waals surface area contributed by atoms with E-state index in [1.165, 1.54) is 0 Å². The van der Waals surface area contributed by atoms with Crippen LogP contribution in [-0.4, -0.2) is 39.1 Å². The summed E-state index contributed by atoms with van der Waals surface area (Å²) in [5.74, 6) is 0.452. The Balaban J connectivity index is 1.73. The van der Waals surface area contributed by atoms with Gasteiger partial charge < -0.3 is 4.90 Å². The predicted octanol–water partition coefficient (Wildman–Crippen LogP) is 1.82. The van der Waals surface area contributed by atoms with Crippen molar-refractivity contribution >= 4 is 5.91 Å². The fraction of sp³-hybridized carbons (Fsp3) is 0.357. The van der Waals surface area contributed by atoms with Gasteiger partial charge in [0.15, 0.2) is 0 Å². The molecule has 0 saturated carbocycles. The molecule has 19 heavy (non-hydrogen) atoms. The Kier molecular flexibility index (Phi) is 3.27. The van der Waals surface area contributed by atoms with Crippen molar-refractivity contribution in [2.24, 2.45) is 0 Å². The predicted molar refractivity (Wildman–Crippen MR) is 70.7 cm³/mol. The first-order valence-electron chi connectivity index (χ1n) is 6.53. The third-order valence-corrected chi connectivity index (χ3v) is 3.60. The fourth-order valence-electron chi connectivity index (χ4n) is 2.59. The van der Waals surface area contributed by atoms with Crippen molar-refractivity contribution in [3.05, 3.63) is 48.0 Å². The Labute approximate surface area is 111 Å². The number of pyridine rings is 1. The van der Waals surface area contributed by atoms with E-state index in [9.17, 15) is 4.79 Å². The lowest BCUT2D eigenvalue weighted by Crippen LogP contribution is -2.39. The van der Waals surface area contributed by atoms with E-state index in [0.29, 0.717) is 11.5 Å². The van der Waals surface area contributed by atoms with Gasteiger partial charge >= 0.3 is 0 Å². The largest absolute Gasteiger partial charge is 0.338 e. The Morgan fingerprint density at radius 2 is 2.11 bits per heavy atom. The molecule has 3 heterocycles. The monoisotopic (exact) mass is 256 g/mol. The number of carbonyl (C=O) groups is 1. The number of likely N-dealkylation sites (tertiary alicyclic amines) is 1. The van der Waals surface area contributed by atoms with Gasteiger partial charge in [-0.3, -0.25) is 14.9 Å². The highest BCUT2D eigenvalue weighted by Gasteiger charge is 2.26. The number of amides is 1. The summed E-state index contributed by atoms with van der Waals surface area (Å²) in [6, 6.07) is 5.52. The lowest BCUT2D eigenvalue weighted by Gasteiger charge is -2.32. The summed E-state index contributed by atoms with van der Waals surface area (Å²) >= 11 is 0. The van der Waals surface area contributed by atoms with Crippen LogP contribution in [0.1, 0.15) is 34.8 Å². The fourth-order valence-corrected chi connectivity index (χ4v) is 2.59. The molecule has 2 aromatic rings. The molecule has 0 aliphatic carbocycles. The van der Waals surface area contributed by atoms with Crippen molar-refractivity contribution < 1.29 is 4.79 Å². The maximum absolute atomic E-state index is 12.4. The smallest absolute Gasteiger partial charge is 0.253 e. The number of hydrogen-bond acceptors (Lipinski definition) is 3. The Bertz CT molecular complexity index is 538. The number of H-pyrrole nitrogens is 1. The molecule has 0 unspecified atom stereocenters. The molecular weight excluding hydrogens is 240 g/mol. The molecule has 5 nitrogen and oxygen atoms in total. The molecule has 98 valence electrons. The molecule has 1 aliphatic heterocycles. The third-order valence-electron chi connectivity index (χ3n) is 3.60. The van der Waals surface area contributed by atoms with Crippen molar-refractivity contribution in [1.82, 2.24) is 20.1 Å². The van der Waals surface area contributed by atoms with Crippen LogP contribution in [0.15, 0.2) is 36.8 Å². The lowest BCUT2D eigenvalue weighted by atomic mass is 9.94. The van der Waals surface area contributed by atoms with Crippen LogP contribution in [0.4, 0.5) is 0 Å². The van der Waals surface area contributed by atoms with E-state index in [-0.39, 0.29) is 5.91 Å². The summed E-state index contributed by atoms with van der Waals surface area (Å²) in [5.41, 5.74) is 1.83. The summed E-state index contributed by atoms with van der Waals surface area (Å²) in [7, 11) is 0. The number of piperidine rings is 1. The molecule has 1 fully saturated rings. The number of hydrogen-bond donors (Lipinski definition) is 1. The quantitative estimate of drug-likeness (QED) is 0.891. The van der Waals surface area contributed by atoms with E-state index in [1.807, 2.05) is 11.0 Å². The van der Waals surface area contributed by atoms with Gasteiger partial charge in [-0.05, 0) is 31.0 Å². The van der Waals surface area contributed by atoms with Gasteiger partial charge in [0.05, 0.1) is 0 Å². The van der Waals surface area contributed by atoms with Crippen molar-refractivity contribution in [3.8, 4) is 0 Å². The molecule has 0 spiro atoms. The van der Waals surface area contributed by atoms with Crippen LogP contribution in [-0.2, 0) is 0 Å². The first-order chi connectivity index (χ1) is 9.34. The SMILES string of the molecule is O=C(c1ccncc1)N1CCC[C@H](c2ccn[nH]2)C1. The van der Waals surface area contributed by atoms with Crippen molar-refractivity contribution in [2.75, 3.05) is 13.1 Å². The highest BCUT2D eigenvalue weighted by Crippen LogP contribution is 2.26. The van der Waals surface area contributed by atoms with E-state index in [0.717, 1.165) is 31.6 Å². The second-order valence-electron chi connectivity index (χ2n) is 4.84. The molecule has 1 amide bonds. The average molecular weight is 256 g/mol. The Morgan fingerprint density at radius 3 is 2.84 bits per heavy atom. The van der Waals surface area contributed by atoms with E-state index < -0.39 is 0 Å². The molecule has 1 atom stereocenters.